The third-order valence-corrected chi connectivity index (χ3v) is 5.85. The van der Waals surface area contributed by atoms with Crippen molar-refractivity contribution in [3.63, 3.8) is 0 Å². The predicted octanol–water partition coefficient (Wildman–Crippen LogP) is 5.05. The molecule has 0 N–H and O–H groups in total. The number of halogens is 2. The molecule has 0 bridgehead atoms. The quantitative estimate of drug-likeness (QED) is 0.238. The largest absolute Gasteiger partial charge is 0.492 e. The minimum Gasteiger partial charge on any atom is -0.492 e. The van der Waals surface area contributed by atoms with Crippen LogP contribution in [0.2, 0.25) is 0 Å². The zero-order valence-corrected chi connectivity index (χ0v) is 19.2. The van der Waals surface area contributed by atoms with Gasteiger partial charge in [-0.15, -0.1) is 0 Å². The highest BCUT2D eigenvalue weighted by Gasteiger charge is 2.24. The van der Waals surface area contributed by atoms with Crippen LogP contribution in [0.1, 0.15) is 33.6 Å². The van der Waals surface area contributed by atoms with Crippen molar-refractivity contribution in [1.29, 1.82) is 0 Å². The van der Waals surface area contributed by atoms with Crippen molar-refractivity contribution in [1.82, 2.24) is 14.6 Å². The number of nitrogens with zero attached hydrogens (tertiary/aromatic N) is 3. The SMILES string of the molecule is COC(=O)c1cccc(-c2nn3c(-c4ccc(OC(F)F)cc4OCC4CC4)ccnc3c2C=O)c1. The van der Waals surface area contributed by atoms with Crippen molar-refractivity contribution in [3.05, 3.63) is 65.9 Å². The molecule has 0 radical (unpaired) electrons. The monoisotopic (exact) mass is 493 g/mol. The van der Waals surface area contributed by atoms with Crippen LogP contribution in [0.3, 0.4) is 0 Å². The van der Waals surface area contributed by atoms with Crippen molar-refractivity contribution in [2.45, 2.75) is 19.5 Å². The molecule has 1 aliphatic rings. The van der Waals surface area contributed by atoms with E-state index < -0.39 is 12.6 Å². The fraction of sp³-hybridized carbons (Fsp3) is 0.231. The number of aldehydes is 1. The Labute approximate surface area is 204 Å². The maximum absolute atomic E-state index is 12.8. The molecule has 10 heteroatoms. The molecule has 1 fully saturated rings. The molecule has 1 aliphatic carbocycles. The van der Waals surface area contributed by atoms with Gasteiger partial charge in [-0.05, 0) is 49.1 Å². The Hall–Kier alpha value is -4.34. The number of ether oxygens (including phenoxy) is 3. The Morgan fingerprint density at radius 2 is 2.03 bits per heavy atom. The lowest BCUT2D eigenvalue weighted by Gasteiger charge is -2.14. The van der Waals surface area contributed by atoms with Crippen molar-refractivity contribution in [3.8, 4) is 34.0 Å². The highest BCUT2D eigenvalue weighted by molar-refractivity contribution is 5.96. The topological polar surface area (TPSA) is 92.0 Å². The van der Waals surface area contributed by atoms with Crippen molar-refractivity contribution >= 4 is 17.9 Å². The van der Waals surface area contributed by atoms with Crippen LogP contribution in [0.15, 0.2) is 54.7 Å². The van der Waals surface area contributed by atoms with Gasteiger partial charge in [-0.2, -0.15) is 13.9 Å². The van der Waals surface area contributed by atoms with Crippen LogP contribution in [0.4, 0.5) is 8.78 Å². The Balaban J connectivity index is 1.64. The Morgan fingerprint density at radius 3 is 2.75 bits per heavy atom. The maximum Gasteiger partial charge on any atom is 0.387 e. The number of fused-ring (bicyclic) bond motifs is 1. The smallest absolute Gasteiger partial charge is 0.387 e. The van der Waals surface area contributed by atoms with E-state index in [1.807, 2.05) is 0 Å². The summed E-state index contributed by atoms with van der Waals surface area (Å²) in [5.74, 6) is 0.231. The third-order valence-electron chi connectivity index (χ3n) is 5.85. The van der Waals surface area contributed by atoms with Gasteiger partial charge in [0.1, 0.15) is 17.2 Å². The van der Waals surface area contributed by atoms with Crippen LogP contribution in [-0.4, -0.2) is 47.2 Å². The number of hydrogen-bond acceptors (Lipinski definition) is 7. The highest BCUT2D eigenvalue weighted by Crippen LogP contribution is 2.37. The average Bonchev–Trinajstić information content (AvgIpc) is 3.64. The van der Waals surface area contributed by atoms with Crippen LogP contribution in [0.25, 0.3) is 28.2 Å². The van der Waals surface area contributed by atoms with E-state index in [-0.39, 0.29) is 11.3 Å². The van der Waals surface area contributed by atoms with Gasteiger partial charge < -0.3 is 14.2 Å². The summed E-state index contributed by atoms with van der Waals surface area (Å²) in [5.41, 5.74) is 2.80. The van der Waals surface area contributed by atoms with E-state index in [4.69, 9.17) is 9.47 Å². The number of carbonyl (C=O) groups excluding carboxylic acids is 2. The zero-order valence-electron chi connectivity index (χ0n) is 19.2. The molecule has 0 aliphatic heterocycles. The van der Waals surface area contributed by atoms with E-state index in [0.717, 1.165) is 12.8 Å². The second-order valence-electron chi connectivity index (χ2n) is 8.31. The van der Waals surface area contributed by atoms with Crippen LogP contribution in [-0.2, 0) is 4.74 Å². The molecule has 1 saturated carbocycles. The predicted molar refractivity (Wildman–Crippen MR) is 125 cm³/mol. The number of alkyl halides is 2. The second kappa shape index (κ2) is 9.73. The molecule has 0 atom stereocenters. The van der Waals surface area contributed by atoms with Gasteiger partial charge in [0.15, 0.2) is 11.9 Å². The minimum absolute atomic E-state index is 0.0285. The van der Waals surface area contributed by atoms with Gasteiger partial charge in [-0.25, -0.2) is 14.3 Å². The Kier molecular flexibility index (Phi) is 6.32. The lowest BCUT2D eigenvalue weighted by molar-refractivity contribution is -0.0499. The van der Waals surface area contributed by atoms with Crippen LogP contribution in [0, 0.1) is 5.92 Å². The molecule has 0 unspecified atom stereocenters. The number of aromatic nitrogens is 3. The standard InChI is InChI=1S/C26H21F2N3O5/c1-34-25(33)17-4-2-3-16(11-17)23-20(13-32)24-29-10-9-21(31(24)30-23)19-8-7-18(36-26(27)28)12-22(19)35-14-15-5-6-15/h2-4,7-13,15,26H,5-6,14H2,1H3. The number of methoxy groups -OCH3 is 1. The van der Waals surface area contributed by atoms with Crippen LogP contribution in [0.5, 0.6) is 11.5 Å². The first kappa shape index (κ1) is 23.4. The van der Waals surface area contributed by atoms with Gasteiger partial charge in [0, 0.05) is 23.4 Å². The van der Waals surface area contributed by atoms with Gasteiger partial charge in [-0.1, -0.05) is 12.1 Å². The molecule has 2 heterocycles. The fourth-order valence-electron chi connectivity index (χ4n) is 3.90. The van der Waals surface area contributed by atoms with Crippen molar-refractivity contribution in [2.24, 2.45) is 5.92 Å². The van der Waals surface area contributed by atoms with E-state index in [2.05, 4.69) is 14.8 Å². The van der Waals surface area contributed by atoms with Crippen LogP contribution >= 0.6 is 0 Å². The van der Waals surface area contributed by atoms with E-state index >= 15 is 0 Å². The fourth-order valence-corrected chi connectivity index (χ4v) is 3.90. The Morgan fingerprint density at radius 1 is 1.19 bits per heavy atom. The zero-order chi connectivity index (χ0) is 25.2. The number of carbonyl (C=O) groups is 2. The summed E-state index contributed by atoms with van der Waals surface area (Å²) in [6, 6.07) is 12.7. The molecule has 0 saturated heterocycles. The van der Waals surface area contributed by atoms with Crippen molar-refractivity contribution < 1.29 is 32.6 Å². The molecular weight excluding hydrogens is 472 g/mol. The lowest BCUT2D eigenvalue weighted by atomic mass is 10.1. The summed E-state index contributed by atoms with van der Waals surface area (Å²) in [7, 11) is 1.29. The first-order chi connectivity index (χ1) is 17.5. The summed E-state index contributed by atoms with van der Waals surface area (Å²) in [6.45, 7) is -2.52. The molecule has 0 amide bonds. The first-order valence-corrected chi connectivity index (χ1v) is 11.2. The number of hydrogen-bond donors (Lipinski definition) is 0. The first-order valence-electron chi connectivity index (χ1n) is 11.2. The molecular formula is C26H21F2N3O5. The van der Waals surface area contributed by atoms with E-state index in [9.17, 15) is 18.4 Å². The summed E-state index contributed by atoms with van der Waals surface area (Å²) < 4.78 is 42.5. The molecule has 5 rings (SSSR count). The minimum atomic E-state index is -2.97. The normalized spacial score (nSPS) is 13.1. The van der Waals surface area contributed by atoms with Gasteiger partial charge in [0.2, 0.25) is 0 Å². The van der Waals surface area contributed by atoms with Crippen LogP contribution < -0.4 is 9.47 Å². The van der Waals surface area contributed by atoms with Gasteiger partial charge in [0.05, 0.1) is 30.5 Å². The Bertz CT molecular complexity index is 1450. The summed E-state index contributed by atoms with van der Waals surface area (Å²) >= 11 is 0. The number of benzene rings is 2. The van der Waals surface area contributed by atoms with Gasteiger partial charge in [0.25, 0.3) is 0 Å². The molecule has 0 spiro atoms. The van der Waals surface area contributed by atoms with E-state index in [0.29, 0.717) is 58.3 Å². The van der Waals surface area contributed by atoms with E-state index in [1.54, 1.807) is 36.4 Å². The molecule has 4 aromatic rings. The summed E-state index contributed by atoms with van der Waals surface area (Å²) in [4.78, 5) is 28.4. The van der Waals surface area contributed by atoms with Gasteiger partial charge in [-0.3, -0.25) is 4.79 Å². The lowest BCUT2D eigenvalue weighted by Crippen LogP contribution is -2.05. The maximum atomic E-state index is 12.8. The number of esters is 1. The number of rotatable bonds is 9. The summed E-state index contributed by atoms with van der Waals surface area (Å²) in [6.07, 6.45) is 4.29. The van der Waals surface area contributed by atoms with E-state index in [1.165, 1.54) is 30.0 Å². The average molecular weight is 493 g/mol. The molecule has 2 aromatic heterocycles. The molecule has 36 heavy (non-hydrogen) atoms. The molecule has 8 nitrogen and oxygen atoms in total. The van der Waals surface area contributed by atoms with Gasteiger partial charge >= 0.3 is 12.6 Å². The molecule has 2 aromatic carbocycles. The molecule has 184 valence electrons. The third kappa shape index (κ3) is 4.61. The van der Waals surface area contributed by atoms with Crippen molar-refractivity contribution in [2.75, 3.05) is 13.7 Å². The highest BCUT2D eigenvalue weighted by atomic mass is 19.3. The summed E-state index contributed by atoms with van der Waals surface area (Å²) in [5, 5.41) is 4.64. The second-order valence-corrected chi connectivity index (χ2v) is 8.31.